The van der Waals surface area contributed by atoms with Crippen LogP contribution in [0.1, 0.15) is 62.3 Å². The minimum atomic E-state index is -4.44. The van der Waals surface area contributed by atoms with E-state index in [4.69, 9.17) is 9.05 Å². The van der Waals surface area contributed by atoms with Gasteiger partial charge in [0.25, 0.3) is 0 Å². The Morgan fingerprint density at radius 1 is 0.621 bits per heavy atom. The minimum absolute atomic E-state index is 0.255. The van der Waals surface area contributed by atoms with Gasteiger partial charge in [0.1, 0.15) is 5.08 Å². The summed E-state index contributed by atoms with van der Waals surface area (Å²) in [6, 6.07) is 0. The molecule has 0 heterocycles. The summed E-state index contributed by atoms with van der Waals surface area (Å²) in [6.07, 6.45) is 0. The Morgan fingerprint density at radius 2 is 0.897 bits per heavy atom. The Morgan fingerprint density at radius 3 is 1.14 bits per heavy atom. The summed E-state index contributed by atoms with van der Waals surface area (Å²) in [5.41, 5.74) is 0. The van der Waals surface area contributed by atoms with Crippen LogP contribution in [0.25, 0.3) is 0 Å². The largest absolute Gasteiger partial charge is 0.392 e. The van der Waals surface area contributed by atoms with Gasteiger partial charge in [-0.3, -0.25) is 9.05 Å². The van der Waals surface area contributed by atoms with Crippen molar-refractivity contribution in [1.29, 1.82) is 0 Å². The molecule has 0 unspecified atom stereocenters. The molecule has 0 aromatic carbocycles. The predicted octanol–water partition coefficient (Wildman–Crippen LogP) is 3.37. The molecule has 0 fully saturated rings. The van der Waals surface area contributed by atoms with Gasteiger partial charge in [0.05, 0.1) is 14.2 Å². The minimum Gasteiger partial charge on any atom is -0.284 e. The van der Waals surface area contributed by atoms with Crippen LogP contribution < -0.4 is 0 Å². The van der Waals surface area contributed by atoms with Crippen molar-refractivity contribution >= 4 is 47.7 Å². The van der Waals surface area contributed by atoms with E-state index in [0.29, 0.717) is 0 Å². The molecule has 0 N–H and O–H groups in total. The Hall–Kier alpha value is 0.350. The zero-order valence-electron chi connectivity index (χ0n) is 18.4. The SMILES string of the molecule is CC(C)(C)S(=O)(=O)COP(=O)(OCS(=O)(=O)C(C)(C)C)SCS(=O)(=O)C(C)(C)C. The Bertz CT molecular complexity index is 806. The van der Waals surface area contributed by atoms with Gasteiger partial charge in [-0.15, -0.1) is 0 Å². The number of sulfone groups is 3. The average Bonchev–Trinajstić information content (AvgIpc) is 2.46. The molecule has 0 atom stereocenters. The van der Waals surface area contributed by atoms with Crippen LogP contribution in [-0.2, 0) is 43.1 Å². The van der Waals surface area contributed by atoms with Gasteiger partial charge in [-0.2, -0.15) is 0 Å². The third kappa shape index (κ3) is 8.42. The molecule has 0 amide bonds. The van der Waals surface area contributed by atoms with E-state index in [1.165, 1.54) is 62.3 Å². The van der Waals surface area contributed by atoms with E-state index in [1.807, 2.05) is 0 Å². The highest BCUT2D eigenvalue weighted by Crippen LogP contribution is 2.62. The summed E-state index contributed by atoms with van der Waals surface area (Å²) in [7, 11) is -11.5. The van der Waals surface area contributed by atoms with Crippen molar-refractivity contribution in [3.8, 4) is 0 Å². The van der Waals surface area contributed by atoms with Crippen molar-refractivity contribution in [2.75, 3.05) is 17.0 Å². The Kier molecular flexibility index (Phi) is 9.18. The fourth-order valence-electron chi connectivity index (χ4n) is 1.04. The molecule has 0 saturated heterocycles. The maximum absolute atomic E-state index is 13.1. The maximum atomic E-state index is 13.1. The van der Waals surface area contributed by atoms with E-state index in [1.54, 1.807) is 0 Å². The molecular weight excluding hydrogens is 483 g/mol. The predicted molar refractivity (Wildman–Crippen MR) is 118 cm³/mol. The van der Waals surface area contributed by atoms with Gasteiger partial charge in [-0.05, 0) is 73.7 Å². The van der Waals surface area contributed by atoms with Crippen LogP contribution in [0.3, 0.4) is 0 Å². The molecule has 0 rings (SSSR count). The highest BCUT2D eigenvalue weighted by molar-refractivity contribution is 8.57. The summed E-state index contributed by atoms with van der Waals surface area (Å²) in [5, 5.41) is -0.696. The average molecular weight is 517 g/mol. The quantitative estimate of drug-likeness (QED) is 0.419. The monoisotopic (exact) mass is 516 g/mol. The molecule has 14 heteroatoms. The molecule has 0 spiro atoms. The van der Waals surface area contributed by atoms with Crippen molar-refractivity contribution < 1.29 is 38.9 Å². The molecule has 9 nitrogen and oxygen atoms in total. The van der Waals surface area contributed by atoms with E-state index >= 15 is 0 Å². The Balaban J connectivity index is 5.74. The van der Waals surface area contributed by atoms with Gasteiger partial charge in [0.15, 0.2) is 41.4 Å². The van der Waals surface area contributed by atoms with E-state index in [0.717, 1.165) is 0 Å². The molecule has 176 valence electrons. The number of hydrogen-bond donors (Lipinski definition) is 0. The van der Waals surface area contributed by atoms with Crippen LogP contribution >= 0.6 is 18.2 Å². The molecule has 0 aliphatic rings. The van der Waals surface area contributed by atoms with Crippen LogP contribution in [-0.4, -0.2) is 56.5 Å². The van der Waals surface area contributed by atoms with Crippen LogP contribution in [0.5, 0.6) is 0 Å². The molecular formula is C15H33O9PS4. The first kappa shape index (κ1) is 29.4. The lowest BCUT2D eigenvalue weighted by Gasteiger charge is -2.25. The summed E-state index contributed by atoms with van der Waals surface area (Å²) in [4.78, 5) is 0. The van der Waals surface area contributed by atoms with Crippen molar-refractivity contribution in [3.05, 3.63) is 0 Å². The first-order valence-electron chi connectivity index (χ1n) is 8.57. The molecule has 29 heavy (non-hydrogen) atoms. The normalized spacial score (nSPS) is 15.5. The van der Waals surface area contributed by atoms with Crippen LogP contribution in [0.15, 0.2) is 0 Å². The Labute approximate surface area is 179 Å². The molecule has 0 radical (unpaired) electrons. The molecule has 0 saturated carbocycles. The zero-order chi connectivity index (χ0) is 23.7. The van der Waals surface area contributed by atoms with Gasteiger partial charge >= 0.3 is 6.80 Å². The number of hydrogen-bond acceptors (Lipinski definition) is 10. The van der Waals surface area contributed by atoms with Gasteiger partial charge < -0.3 is 0 Å². The lowest BCUT2D eigenvalue weighted by molar-refractivity contribution is 0.266. The second-order valence-electron chi connectivity index (χ2n) is 9.37. The third-order valence-corrected chi connectivity index (χ3v) is 16.1. The smallest absolute Gasteiger partial charge is 0.284 e. The molecule has 0 aliphatic heterocycles. The molecule has 0 aromatic rings. The first-order valence-corrected chi connectivity index (χ1v) is 16.7. The second-order valence-corrected chi connectivity index (χ2v) is 21.9. The van der Waals surface area contributed by atoms with Crippen LogP contribution in [0.4, 0.5) is 0 Å². The van der Waals surface area contributed by atoms with Crippen molar-refractivity contribution in [2.45, 2.75) is 76.6 Å². The van der Waals surface area contributed by atoms with Crippen LogP contribution in [0, 0.1) is 0 Å². The summed E-state index contributed by atoms with van der Waals surface area (Å²) in [6.45, 7) is 8.40. The summed E-state index contributed by atoms with van der Waals surface area (Å²) >= 11 is 0.255. The van der Waals surface area contributed by atoms with Gasteiger partial charge in [0.2, 0.25) is 0 Å². The summed E-state index contributed by atoms with van der Waals surface area (Å²) in [5.74, 6) is -2.02. The van der Waals surface area contributed by atoms with Gasteiger partial charge in [-0.1, -0.05) is 0 Å². The van der Waals surface area contributed by atoms with E-state index in [2.05, 4.69) is 0 Å². The van der Waals surface area contributed by atoms with Crippen molar-refractivity contribution in [2.24, 2.45) is 0 Å². The highest BCUT2D eigenvalue weighted by atomic mass is 32.7. The fraction of sp³-hybridized carbons (Fsp3) is 1.00. The van der Waals surface area contributed by atoms with Crippen molar-refractivity contribution in [3.63, 3.8) is 0 Å². The van der Waals surface area contributed by atoms with E-state index in [9.17, 15) is 29.8 Å². The second kappa shape index (κ2) is 9.07. The van der Waals surface area contributed by atoms with E-state index < -0.39 is 67.5 Å². The molecule has 0 aromatic heterocycles. The maximum Gasteiger partial charge on any atom is 0.392 e. The zero-order valence-corrected chi connectivity index (χ0v) is 22.5. The third-order valence-electron chi connectivity index (χ3n) is 3.90. The van der Waals surface area contributed by atoms with Crippen molar-refractivity contribution in [1.82, 2.24) is 0 Å². The lowest BCUT2D eigenvalue weighted by Crippen LogP contribution is -2.32. The highest BCUT2D eigenvalue weighted by Gasteiger charge is 2.40. The van der Waals surface area contributed by atoms with Crippen LogP contribution in [0.2, 0.25) is 0 Å². The number of rotatable bonds is 9. The van der Waals surface area contributed by atoms with Gasteiger partial charge in [-0.25, -0.2) is 29.8 Å². The summed E-state index contributed by atoms with van der Waals surface area (Å²) < 4.78 is 93.2. The van der Waals surface area contributed by atoms with Gasteiger partial charge in [0, 0.05) is 0 Å². The fourth-order valence-corrected chi connectivity index (χ4v) is 10.2. The van der Waals surface area contributed by atoms with E-state index in [-0.39, 0.29) is 11.4 Å². The standard InChI is InChI=1S/C15H33O9PS4/c1-13(2,3)27(17,18)10-23-25(16,24-11-28(19,20)14(4,5)6)26-12-29(21,22)15(7,8)9/h10-12H2,1-9H3. The first-order chi connectivity index (χ1) is 12.4. The molecule has 0 bridgehead atoms. The lowest BCUT2D eigenvalue weighted by atomic mass is 10.3. The molecule has 0 aliphatic carbocycles. The topological polar surface area (TPSA) is 138 Å².